The largest absolute Gasteiger partial charge is 0.382 e. The summed E-state index contributed by atoms with van der Waals surface area (Å²) < 4.78 is 29.9. The summed E-state index contributed by atoms with van der Waals surface area (Å²) in [5, 5.41) is 13.5. The minimum absolute atomic E-state index is 0.0637. The molecule has 19 nitrogen and oxygen atoms in total. The molecule has 5 amide bonds. The van der Waals surface area contributed by atoms with Crippen LogP contribution in [-0.2, 0) is 38.1 Å². The van der Waals surface area contributed by atoms with Gasteiger partial charge in [-0.1, -0.05) is 19.9 Å². The number of nitrogens with one attached hydrogen (secondary N) is 3. The fourth-order valence-electron chi connectivity index (χ4n) is 8.88. The number of aromatic nitrogens is 3. The summed E-state index contributed by atoms with van der Waals surface area (Å²) in [6, 6.07) is 6.99. The molecule has 0 spiro atoms. The monoisotopic (exact) mass is 889 g/mol. The molecule has 7 rings (SSSR count). The highest BCUT2D eigenvalue weighted by atomic mass is 16.6. The standard InChI is InChI=1S/C45H63N9O10/c1-31(2)34-12-15-53-41(34)42(47-30-48-53)49-32-6-8-33(9-7-32)51-16-18-52(19-17-51)39(56)13-20-60-22-24-62-26-28-64-29-27-63-25-23-61-21-14-46-36-5-3-4-35-40(36)45(59)54(44(35)58)37-10-11-38(55)50-43(37)57/h3-5,12,15,30-33,37,46H,6-11,13-14,16-29H2,1-2H3,(H,47,48,49)(H,50,55,57). The number of ether oxygens (including phenoxy) is 5. The number of carbonyl (C=O) groups is 5. The van der Waals surface area contributed by atoms with Crippen molar-refractivity contribution in [1.29, 1.82) is 0 Å². The number of nitrogens with zero attached hydrogens (tertiary/aromatic N) is 6. The minimum Gasteiger partial charge on any atom is -0.382 e. The molecule has 3 aromatic rings. The van der Waals surface area contributed by atoms with E-state index in [9.17, 15) is 24.0 Å². The Bertz CT molecular complexity index is 2060. The van der Waals surface area contributed by atoms with Crippen molar-refractivity contribution in [2.24, 2.45) is 0 Å². The molecule has 1 aromatic carbocycles. The second-order valence-electron chi connectivity index (χ2n) is 16.8. The Hall–Kier alpha value is -5.05. The lowest BCUT2D eigenvalue weighted by molar-refractivity contribution is -0.136. The lowest BCUT2D eigenvalue weighted by Crippen LogP contribution is -2.54. The van der Waals surface area contributed by atoms with Gasteiger partial charge in [0.25, 0.3) is 11.8 Å². The molecule has 2 saturated heterocycles. The molecule has 3 aliphatic heterocycles. The van der Waals surface area contributed by atoms with E-state index in [0.29, 0.717) is 103 Å². The molecule has 1 saturated carbocycles. The van der Waals surface area contributed by atoms with Gasteiger partial charge >= 0.3 is 0 Å². The van der Waals surface area contributed by atoms with Crippen molar-refractivity contribution in [2.45, 2.75) is 82.8 Å². The molecule has 1 aliphatic carbocycles. The maximum atomic E-state index is 13.2. The molecule has 4 aliphatic rings. The normalized spacial score (nSPS) is 20.6. The van der Waals surface area contributed by atoms with E-state index < -0.39 is 29.7 Å². The summed E-state index contributed by atoms with van der Waals surface area (Å²) in [6.07, 6.45) is 8.63. The van der Waals surface area contributed by atoms with E-state index in [2.05, 4.69) is 50.8 Å². The highest BCUT2D eigenvalue weighted by Gasteiger charge is 2.45. The zero-order valence-electron chi connectivity index (χ0n) is 37.1. The van der Waals surface area contributed by atoms with Crippen LogP contribution in [0.25, 0.3) is 5.52 Å². The Kier molecular flexibility index (Phi) is 17.0. The van der Waals surface area contributed by atoms with Crippen LogP contribution in [-0.4, -0.2) is 176 Å². The van der Waals surface area contributed by atoms with Gasteiger partial charge in [-0.25, -0.2) is 9.50 Å². The number of amides is 5. The molecular formula is C45H63N9O10. The van der Waals surface area contributed by atoms with Crippen molar-refractivity contribution >= 4 is 46.6 Å². The van der Waals surface area contributed by atoms with Gasteiger partial charge in [-0.15, -0.1) is 0 Å². The van der Waals surface area contributed by atoms with Gasteiger partial charge in [0.15, 0.2) is 5.82 Å². The van der Waals surface area contributed by atoms with E-state index in [1.807, 2.05) is 15.6 Å². The average molecular weight is 890 g/mol. The van der Waals surface area contributed by atoms with Gasteiger partial charge in [-0.3, -0.25) is 39.1 Å². The second-order valence-corrected chi connectivity index (χ2v) is 16.8. The van der Waals surface area contributed by atoms with Crippen LogP contribution in [0.4, 0.5) is 11.5 Å². The zero-order valence-corrected chi connectivity index (χ0v) is 37.1. The highest BCUT2D eigenvalue weighted by Crippen LogP contribution is 2.33. The smallest absolute Gasteiger partial charge is 0.264 e. The maximum Gasteiger partial charge on any atom is 0.264 e. The third-order valence-electron chi connectivity index (χ3n) is 12.3. The van der Waals surface area contributed by atoms with Crippen molar-refractivity contribution in [3.05, 3.63) is 53.5 Å². The Balaban J connectivity index is 0.642. The molecule has 1 atom stereocenters. The van der Waals surface area contributed by atoms with Crippen molar-refractivity contribution in [3.63, 3.8) is 0 Å². The molecule has 3 N–H and O–H groups in total. The third-order valence-corrected chi connectivity index (χ3v) is 12.3. The number of carbonyl (C=O) groups excluding carboxylic acids is 5. The molecule has 0 bridgehead atoms. The predicted molar refractivity (Wildman–Crippen MR) is 235 cm³/mol. The number of rotatable bonds is 24. The molecule has 64 heavy (non-hydrogen) atoms. The zero-order chi connectivity index (χ0) is 44.8. The molecular weight excluding hydrogens is 827 g/mol. The molecule has 348 valence electrons. The van der Waals surface area contributed by atoms with Crippen LogP contribution in [0.5, 0.6) is 0 Å². The van der Waals surface area contributed by atoms with E-state index in [1.165, 1.54) is 5.56 Å². The number of benzene rings is 1. The van der Waals surface area contributed by atoms with Crippen molar-refractivity contribution < 1.29 is 47.7 Å². The van der Waals surface area contributed by atoms with Crippen molar-refractivity contribution in [1.82, 2.24) is 34.6 Å². The molecule has 5 heterocycles. The maximum absolute atomic E-state index is 13.2. The molecule has 0 radical (unpaired) electrons. The molecule has 1 unspecified atom stereocenters. The number of hydrogen-bond donors (Lipinski definition) is 3. The number of piperazine rings is 1. The van der Waals surface area contributed by atoms with Gasteiger partial charge in [-0.05, 0) is 61.8 Å². The van der Waals surface area contributed by atoms with Gasteiger partial charge in [0.2, 0.25) is 17.7 Å². The van der Waals surface area contributed by atoms with Gasteiger partial charge in [0, 0.05) is 63.1 Å². The first-order valence-electron chi connectivity index (χ1n) is 22.8. The van der Waals surface area contributed by atoms with Gasteiger partial charge in [0.1, 0.15) is 17.9 Å². The van der Waals surface area contributed by atoms with Crippen LogP contribution < -0.4 is 16.0 Å². The van der Waals surface area contributed by atoms with E-state index in [0.717, 1.165) is 68.1 Å². The Labute approximate surface area is 373 Å². The predicted octanol–water partition coefficient (Wildman–Crippen LogP) is 2.71. The number of fused-ring (bicyclic) bond motifs is 2. The fourth-order valence-corrected chi connectivity index (χ4v) is 8.88. The first-order chi connectivity index (χ1) is 31.2. The van der Waals surface area contributed by atoms with Gasteiger partial charge in [0.05, 0.1) is 83.6 Å². The lowest BCUT2D eigenvalue weighted by Gasteiger charge is -2.42. The first-order valence-corrected chi connectivity index (χ1v) is 22.8. The average Bonchev–Trinajstić information content (AvgIpc) is 3.85. The second kappa shape index (κ2) is 23.2. The van der Waals surface area contributed by atoms with Crippen molar-refractivity contribution in [3.8, 4) is 0 Å². The lowest BCUT2D eigenvalue weighted by atomic mass is 9.89. The van der Waals surface area contributed by atoms with E-state index in [-0.39, 0.29) is 29.9 Å². The molecule has 3 fully saturated rings. The van der Waals surface area contributed by atoms with Crippen LogP contribution in [0.15, 0.2) is 36.8 Å². The quantitative estimate of drug-likeness (QED) is 0.0874. The molecule has 19 heteroatoms. The number of hydrogen-bond acceptors (Lipinski definition) is 15. The van der Waals surface area contributed by atoms with Gasteiger partial charge in [-0.2, -0.15) is 5.10 Å². The summed E-state index contributed by atoms with van der Waals surface area (Å²) in [5.74, 6) is -0.708. The summed E-state index contributed by atoms with van der Waals surface area (Å²) in [7, 11) is 0. The van der Waals surface area contributed by atoms with Crippen LogP contribution in [0.2, 0.25) is 0 Å². The first kappa shape index (κ1) is 46.9. The van der Waals surface area contributed by atoms with Crippen LogP contribution in [0, 0.1) is 0 Å². The summed E-state index contributed by atoms with van der Waals surface area (Å²) in [4.78, 5) is 73.0. The van der Waals surface area contributed by atoms with Crippen LogP contribution >= 0.6 is 0 Å². The van der Waals surface area contributed by atoms with E-state index in [1.54, 1.807) is 24.5 Å². The minimum atomic E-state index is -1.01. The Morgan fingerprint density at radius 2 is 1.45 bits per heavy atom. The molecule has 2 aromatic heterocycles. The van der Waals surface area contributed by atoms with E-state index >= 15 is 0 Å². The Morgan fingerprint density at radius 1 is 0.797 bits per heavy atom. The fraction of sp³-hybridized carbons (Fsp3) is 0.622. The van der Waals surface area contributed by atoms with Crippen LogP contribution in [0.1, 0.15) is 91.0 Å². The summed E-state index contributed by atoms with van der Waals surface area (Å²) in [5.41, 5.74) is 3.24. The summed E-state index contributed by atoms with van der Waals surface area (Å²) in [6.45, 7) is 12.1. The van der Waals surface area contributed by atoms with Crippen LogP contribution in [0.3, 0.4) is 0 Å². The van der Waals surface area contributed by atoms with Crippen molar-refractivity contribution in [2.75, 3.05) is 109 Å². The Morgan fingerprint density at radius 3 is 2.11 bits per heavy atom. The number of piperidine rings is 1. The topological polar surface area (TPSA) is 208 Å². The van der Waals surface area contributed by atoms with E-state index in [4.69, 9.17) is 23.7 Å². The SMILES string of the molecule is CC(C)c1ccn2ncnc(NC3CCC(N4CCN(C(=O)CCOCCOCCOCCOCCOCCNc5cccc6c5C(=O)N(C5CCC(=O)NC5=O)C6=O)CC4)CC3)c12. The third kappa shape index (κ3) is 12.0. The number of anilines is 2. The number of imide groups is 2. The highest BCUT2D eigenvalue weighted by molar-refractivity contribution is 6.25. The summed E-state index contributed by atoms with van der Waals surface area (Å²) >= 11 is 0. The van der Waals surface area contributed by atoms with Gasteiger partial charge < -0.3 is 39.2 Å².